The van der Waals surface area contributed by atoms with Gasteiger partial charge in [0.15, 0.2) is 5.96 Å². The van der Waals surface area contributed by atoms with Crippen molar-refractivity contribution in [2.45, 2.75) is 32.3 Å². The smallest absolute Gasteiger partial charge is 0.191 e. The van der Waals surface area contributed by atoms with Crippen molar-refractivity contribution < 1.29 is 14.3 Å². The standard InChI is InChI=1S/C20H29N3O3.HI/c1-4-21-19(23-15-20(2,24)18-11-7-13-26-18)22-12-6-9-16-8-5-10-17(14-16)25-3;/h5,7-8,10-11,13-14,24H,4,6,9,12,15H2,1-3H3,(H2,21,22,23);1H. The first kappa shape index (κ1) is 23.3. The predicted octanol–water partition coefficient (Wildman–Crippen LogP) is 3.30. The van der Waals surface area contributed by atoms with E-state index in [1.54, 1.807) is 32.4 Å². The van der Waals surface area contributed by atoms with Gasteiger partial charge in [0.2, 0.25) is 0 Å². The fraction of sp³-hybridized carbons (Fsp3) is 0.450. The van der Waals surface area contributed by atoms with Crippen molar-refractivity contribution in [3.05, 3.63) is 54.0 Å². The molecule has 1 atom stereocenters. The van der Waals surface area contributed by atoms with Crippen LogP contribution in [0.4, 0.5) is 0 Å². The molecule has 0 saturated carbocycles. The summed E-state index contributed by atoms with van der Waals surface area (Å²) in [6.45, 7) is 5.46. The first-order valence-corrected chi connectivity index (χ1v) is 8.96. The molecule has 1 unspecified atom stereocenters. The Morgan fingerprint density at radius 1 is 1.26 bits per heavy atom. The molecule has 0 radical (unpaired) electrons. The SMILES string of the molecule is CCNC(=NCC(C)(O)c1ccco1)NCCCc1cccc(OC)c1.I. The number of methoxy groups -OCH3 is 1. The summed E-state index contributed by atoms with van der Waals surface area (Å²) >= 11 is 0. The van der Waals surface area contributed by atoms with Gasteiger partial charge < -0.3 is 24.9 Å². The molecule has 0 amide bonds. The third kappa shape index (κ3) is 7.80. The summed E-state index contributed by atoms with van der Waals surface area (Å²) in [5, 5.41) is 17.0. The van der Waals surface area contributed by atoms with Crippen LogP contribution in [-0.2, 0) is 12.0 Å². The van der Waals surface area contributed by atoms with Gasteiger partial charge in [-0.05, 0) is 56.5 Å². The lowest BCUT2D eigenvalue weighted by atomic mass is 10.0. The molecule has 2 aromatic rings. The van der Waals surface area contributed by atoms with Crippen LogP contribution in [0.5, 0.6) is 5.75 Å². The molecule has 0 spiro atoms. The molecule has 0 saturated heterocycles. The van der Waals surface area contributed by atoms with Crippen LogP contribution in [0.2, 0.25) is 0 Å². The van der Waals surface area contributed by atoms with E-state index in [0.717, 1.165) is 31.7 Å². The average Bonchev–Trinajstić information content (AvgIpc) is 3.19. The number of halogens is 1. The number of hydrogen-bond donors (Lipinski definition) is 3. The van der Waals surface area contributed by atoms with Crippen LogP contribution in [0.3, 0.4) is 0 Å². The van der Waals surface area contributed by atoms with E-state index in [1.165, 1.54) is 5.56 Å². The molecule has 1 aromatic carbocycles. The van der Waals surface area contributed by atoms with Crippen LogP contribution in [0.1, 0.15) is 31.6 Å². The summed E-state index contributed by atoms with van der Waals surface area (Å²) in [4.78, 5) is 4.48. The van der Waals surface area contributed by atoms with E-state index >= 15 is 0 Å². The number of hydrogen-bond acceptors (Lipinski definition) is 4. The van der Waals surface area contributed by atoms with Crippen molar-refractivity contribution in [2.24, 2.45) is 4.99 Å². The molecule has 0 fully saturated rings. The average molecular weight is 487 g/mol. The zero-order valence-corrected chi connectivity index (χ0v) is 18.5. The van der Waals surface area contributed by atoms with Crippen molar-refractivity contribution in [1.29, 1.82) is 0 Å². The molecule has 3 N–H and O–H groups in total. The second-order valence-corrected chi connectivity index (χ2v) is 6.33. The number of ether oxygens (including phenoxy) is 1. The number of nitrogens with zero attached hydrogens (tertiary/aromatic N) is 1. The maximum absolute atomic E-state index is 10.5. The van der Waals surface area contributed by atoms with Crippen molar-refractivity contribution >= 4 is 29.9 Å². The number of furan rings is 1. The molecule has 0 aliphatic rings. The quantitative estimate of drug-likeness (QED) is 0.219. The highest BCUT2D eigenvalue weighted by atomic mass is 127. The van der Waals surface area contributed by atoms with Gasteiger partial charge >= 0.3 is 0 Å². The largest absolute Gasteiger partial charge is 0.497 e. The Morgan fingerprint density at radius 3 is 2.74 bits per heavy atom. The summed E-state index contributed by atoms with van der Waals surface area (Å²) in [7, 11) is 1.68. The highest BCUT2D eigenvalue weighted by Gasteiger charge is 2.25. The fourth-order valence-electron chi connectivity index (χ4n) is 2.56. The Balaban J connectivity index is 0.00000364. The summed E-state index contributed by atoms with van der Waals surface area (Å²) < 4.78 is 10.5. The molecule has 1 heterocycles. The molecule has 0 aliphatic carbocycles. The minimum atomic E-state index is -1.13. The van der Waals surface area contributed by atoms with Crippen LogP contribution >= 0.6 is 24.0 Å². The summed E-state index contributed by atoms with van der Waals surface area (Å²) in [6, 6.07) is 11.6. The molecule has 6 nitrogen and oxygen atoms in total. The molecule has 0 aliphatic heterocycles. The highest BCUT2D eigenvalue weighted by Crippen LogP contribution is 2.21. The number of rotatable bonds is 9. The van der Waals surface area contributed by atoms with Crippen molar-refractivity contribution in [3.63, 3.8) is 0 Å². The van der Waals surface area contributed by atoms with Crippen LogP contribution in [0, 0.1) is 0 Å². The highest BCUT2D eigenvalue weighted by molar-refractivity contribution is 14.0. The van der Waals surface area contributed by atoms with Gasteiger partial charge in [0.05, 0.1) is 19.9 Å². The molecule has 150 valence electrons. The Bertz CT molecular complexity index is 688. The first-order valence-electron chi connectivity index (χ1n) is 8.96. The molecular weight excluding hydrogens is 457 g/mol. The Labute approximate surface area is 178 Å². The second kappa shape index (κ2) is 11.9. The van der Waals surface area contributed by atoms with Gasteiger partial charge in [0.1, 0.15) is 17.1 Å². The van der Waals surface area contributed by atoms with E-state index in [-0.39, 0.29) is 30.5 Å². The number of aliphatic hydroxyl groups is 1. The van der Waals surface area contributed by atoms with Gasteiger partial charge in [0, 0.05) is 13.1 Å². The van der Waals surface area contributed by atoms with Crippen molar-refractivity contribution in [2.75, 3.05) is 26.7 Å². The van der Waals surface area contributed by atoms with Crippen LogP contribution < -0.4 is 15.4 Å². The van der Waals surface area contributed by atoms with Gasteiger partial charge in [-0.1, -0.05) is 12.1 Å². The van der Waals surface area contributed by atoms with E-state index in [9.17, 15) is 5.11 Å². The van der Waals surface area contributed by atoms with Crippen LogP contribution in [0.15, 0.2) is 52.1 Å². The van der Waals surface area contributed by atoms with E-state index in [1.807, 2.05) is 19.1 Å². The Hall–Kier alpha value is -1.74. The van der Waals surface area contributed by atoms with E-state index in [0.29, 0.717) is 11.7 Å². The third-order valence-corrected chi connectivity index (χ3v) is 4.01. The number of aliphatic imine (C=N–C) groups is 1. The normalized spacial score (nSPS) is 13.4. The zero-order valence-electron chi connectivity index (χ0n) is 16.2. The maximum atomic E-state index is 10.5. The number of nitrogens with one attached hydrogen (secondary N) is 2. The predicted molar refractivity (Wildman–Crippen MR) is 119 cm³/mol. The lowest BCUT2D eigenvalue weighted by molar-refractivity contribution is 0.0437. The van der Waals surface area contributed by atoms with Crippen molar-refractivity contribution in [3.8, 4) is 5.75 Å². The molecule has 27 heavy (non-hydrogen) atoms. The molecule has 2 rings (SSSR count). The molecule has 7 heteroatoms. The van der Waals surface area contributed by atoms with E-state index in [2.05, 4.69) is 27.8 Å². The topological polar surface area (TPSA) is 79.0 Å². The van der Waals surface area contributed by atoms with Gasteiger partial charge in [0.25, 0.3) is 0 Å². The van der Waals surface area contributed by atoms with E-state index < -0.39 is 5.60 Å². The van der Waals surface area contributed by atoms with Gasteiger partial charge in [-0.25, -0.2) is 4.99 Å². The number of aryl methyl sites for hydroxylation is 1. The van der Waals surface area contributed by atoms with Crippen LogP contribution in [0.25, 0.3) is 0 Å². The summed E-state index contributed by atoms with van der Waals surface area (Å²) in [5.74, 6) is 2.07. The minimum Gasteiger partial charge on any atom is -0.497 e. The molecule has 1 aromatic heterocycles. The van der Waals surface area contributed by atoms with Crippen molar-refractivity contribution in [1.82, 2.24) is 10.6 Å². The summed E-state index contributed by atoms with van der Waals surface area (Å²) in [5.41, 5.74) is 0.112. The Morgan fingerprint density at radius 2 is 2.07 bits per heavy atom. The Kier molecular flexibility index (Phi) is 10.2. The molecule has 0 bridgehead atoms. The van der Waals surface area contributed by atoms with Gasteiger partial charge in [-0.2, -0.15) is 0 Å². The zero-order chi connectivity index (χ0) is 18.8. The monoisotopic (exact) mass is 487 g/mol. The van der Waals surface area contributed by atoms with Gasteiger partial charge in [-0.15, -0.1) is 24.0 Å². The fourth-order valence-corrected chi connectivity index (χ4v) is 2.56. The number of benzene rings is 1. The molecular formula is C20H30IN3O3. The number of guanidine groups is 1. The maximum Gasteiger partial charge on any atom is 0.191 e. The lowest BCUT2D eigenvalue weighted by Gasteiger charge is -2.19. The minimum absolute atomic E-state index is 0. The first-order chi connectivity index (χ1) is 12.5. The van der Waals surface area contributed by atoms with Gasteiger partial charge in [-0.3, -0.25) is 0 Å². The lowest BCUT2D eigenvalue weighted by Crippen LogP contribution is -2.39. The van der Waals surface area contributed by atoms with E-state index in [4.69, 9.17) is 9.15 Å². The third-order valence-electron chi connectivity index (χ3n) is 4.01. The second-order valence-electron chi connectivity index (χ2n) is 6.33. The summed E-state index contributed by atoms with van der Waals surface area (Å²) in [6.07, 6.45) is 3.47. The van der Waals surface area contributed by atoms with Crippen LogP contribution in [-0.4, -0.2) is 37.8 Å².